The Bertz CT molecular complexity index is 1670. The molecule has 6 rings (SSSR count). The number of aromatic nitrogens is 2. The number of anilines is 1. The summed E-state index contributed by atoms with van der Waals surface area (Å²) in [6.45, 7) is 3.75. The van der Waals surface area contributed by atoms with E-state index in [-0.39, 0.29) is 41.6 Å². The first-order chi connectivity index (χ1) is 20.2. The van der Waals surface area contributed by atoms with Gasteiger partial charge in [-0.3, -0.25) is 9.79 Å². The summed E-state index contributed by atoms with van der Waals surface area (Å²) in [7, 11) is -2.99. The van der Waals surface area contributed by atoms with Crippen LogP contribution in [0.4, 0.5) is 5.69 Å². The second-order valence-electron chi connectivity index (χ2n) is 11.4. The number of halogens is 1. The minimum atomic E-state index is -2.99. The lowest BCUT2D eigenvalue weighted by atomic mass is 10.1. The van der Waals surface area contributed by atoms with Crippen LogP contribution in [0.1, 0.15) is 54.8 Å². The summed E-state index contributed by atoms with van der Waals surface area (Å²) in [6, 6.07) is 9.82. The fourth-order valence-corrected chi connectivity index (χ4v) is 6.96. The van der Waals surface area contributed by atoms with E-state index in [2.05, 4.69) is 32.8 Å². The number of sulfone groups is 1. The molecule has 0 radical (unpaired) electrons. The van der Waals surface area contributed by atoms with Crippen molar-refractivity contribution in [1.29, 1.82) is 0 Å². The number of carbonyl (C=O) groups excluding carboxylic acids is 1. The highest BCUT2D eigenvalue weighted by Gasteiger charge is 2.44. The quantitative estimate of drug-likeness (QED) is 0.237. The first-order valence-corrected chi connectivity index (χ1v) is 16.7. The van der Waals surface area contributed by atoms with E-state index in [4.69, 9.17) is 22.3 Å². The zero-order chi connectivity index (χ0) is 29.4. The standard InChI is InChI=1S/C30H36ClN7O3S/c1-2-33-28(36-30(39)25-14-24(25)20-4-3-5-22(31)12-20)15-27(32)34-16-23-18-38-17-21(19-6-7-19)13-26(29(38)35-23)37-8-10-42(40,41)11-9-37/h3-5,12-13,15,17-19,24-25,33H,2,6-11,14,16H2,1H3,(H2,32,34)(H,36,39)/b28-15+/t24-,25+/m1/s1. The number of fused-ring (bicyclic) bond motifs is 1. The number of nitrogens with two attached hydrogens (primary N) is 1. The summed E-state index contributed by atoms with van der Waals surface area (Å²) in [5, 5.41) is 6.80. The first kappa shape index (κ1) is 28.5. The van der Waals surface area contributed by atoms with Gasteiger partial charge in [0.2, 0.25) is 5.91 Å². The Kier molecular flexibility index (Phi) is 7.89. The molecule has 1 aromatic carbocycles. The number of hydrogen-bond donors (Lipinski definition) is 3. The molecule has 0 unspecified atom stereocenters. The molecule has 2 aliphatic carbocycles. The number of hydrogen-bond acceptors (Lipinski definition) is 7. The van der Waals surface area contributed by atoms with E-state index in [0.29, 0.717) is 36.4 Å². The number of nitrogens with one attached hydrogen (secondary N) is 2. The third-order valence-corrected chi connectivity index (χ3v) is 9.93. The van der Waals surface area contributed by atoms with Crippen molar-refractivity contribution in [1.82, 2.24) is 20.0 Å². The van der Waals surface area contributed by atoms with Gasteiger partial charge in [-0.15, -0.1) is 0 Å². The fourth-order valence-electron chi connectivity index (χ4n) is 5.56. The van der Waals surface area contributed by atoms with Gasteiger partial charge in [0.1, 0.15) is 11.7 Å². The Morgan fingerprint density at radius 1 is 1.19 bits per heavy atom. The number of amides is 1. The highest BCUT2D eigenvalue weighted by atomic mass is 35.5. The predicted molar refractivity (Wildman–Crippen MR) is 166 cm³/mol. The van der Waals surface area contributed by atoms with Crippen LogP contribution in [0.25, 0.3) is 5.65 Å². The third-order valence-electron chi connectivity index (χ3n) is 8.08. The largest absolute Gasteiger partial charge is 0.384 e. The Morgan fingerprint density at radius 3 is 2.69 bits per heavy atom. The summed E-state index contributed by atoms with van der Waals surface area (Å²) in [5.41, 5.74) is 11.1. The number of imidazole rings is 1. The van der Waals surface area contributed by atoms with Crippen LogP contribution in [0.2, 0.25) is 5.02 Å². The van der Waals surface area contributed by atoms with Crippen molar-refractivity contribution in [3.63, 3.8) is 0 Å². The Labute approximate surface area is 251 Å². The topological polar surface area (TPSA) is 134 Å². The molecule has 3 heterocycles. The number of carbonyl (C=O) groups is 1. The minimum absolute atomic E-state index is 0.0650. The Hall–Kier alpha value is -3.57. The molecule has 2 saturated carbocycles. The summed E-state index contributed by atoms with van der Waals surface area (Å²) >= 11 is 6.12. The average Bonchev–Trinajstić information content (AvgIpc) is 3.88. The molecular formula is C30H36ClN7O3S. The Balaban J connectivity index is 1.16. The van der Waals surface area contributed by atoms with Crippen molar-refractivity contribution in [3.05, 3.63) is 76.5 Å². The molecule has 1 aliphatic heterocycles. The van der Waals surface area contributed by atoms with Gasteiger partial charge >= 0.3 is 0 Å². The molecule has 4 N–H and O–H groups in total. The van der Waals surface area contributed by atoms with Crippen molar-refractivity contribution in [2.45, 2.75) is 44.6 Å². The maximum Gasteiger partial charge on any atom is 0.229 e. The van der Waals surface area contributed by atoms with Gasteiger partial charge in [-0.1, -0.05) is 23.7 Å². The molecule has 2 atom stereocenters. The van der Waals surface area contributed by atoms with Crippen molar-refractivity contribution in [2.75, 3.05) is 36.0 Å². The molecule has 1 amide bonds. The zero-order valence-electron chi connectivity index (χ0n) is 23.6. The van der Waals surface area contributed by atoms with Crippen LogP contribution >= 0.6 is 11.6 Å². The number of rotatable bonds is 10. The molecule has 3 fully saturated rings. The third kappa shape index (κ3) is 6.57. The van der Waals surface area contributed by atoms with E-state index in [1.54, 1.807) is 6.08 Å². The summed E-state index contributed by atoms with van der Waals surface area (Å²) in [5.74, 6) is 1.61. The molecule has 0 bridgehead atoms. The van der Waals surface area contributed by atoms with Crippen LogP contribution in [0.15, 0.2) is 59.6 Å². The SMILES string of the molecule is CCN/C(=C\C(N)=NCc1cn2cc(C3CC3)cc(N3CCS(=O)(=O)CC3)c2n1)NC(=O)[C@H]1C[C@@H]1c1cccc(Cl)c1. The first-order valence-electron chi connectivity index (χ1n) is 14.5. The van der Waals surface area contributed by atoms with Crippen LogP contribution in [-0.2, 0) is 21.2 Å². The van der Waals surface area contributed by atoms with Gasteiger partial charge in [0.15, 0.2) is 15.5 Å². The maximum absolute atomic E-state index is 12.9. The van der Waals surface area contributed by atoms with Gasteiger partial charge in [0, 0.05) is 49.0 Å². The number of aliphatic imine (C=N–C) groups is 1. The second kappa shape index (κ2) is 11.6. The average molecular weight is 610 g/mol. The summed E-state index contributed by atoms with van der Waals surface area (Å²) in [6.07, 6.45) is 8.83. The van der Waals surface area contributed by atoms with Crippen LogP contribution in [-0.4, -0.2) is 60.7 Å². The van der Waals surface area contributed by atoms with Gasteiger partial charge in [0.25, 0.3) is 0 Å². The number of pyridine rings is 1. The maximum atomic E-state index is 12.9. The van der Waals surface area contributed by atoms with Crippen molar-refractivity contribution in [2.24, 2.45) is 16.6 Å². The lowest BCUT2D eigenvalue weighted by Crippen LogP contribution is -2.40. The van der Waals surface area contributed by atoms with Crippen molar-refractivity contribution >= 4 is 44.5 Å². The fraction of sp³-hybridized carbons (Fsp3) is 0.433. The van der Waals surface area contributed by atoms with Crippen LogP contribution in [0.3, 0.4) is 0 Å². The molecule has 3 aliphatic rings. The summed E-state index contributed by atoms with van der Waals surface area (Å²) < 4.78 is 26.1. The molecule has 2 aromatic heterocycles. The van der Waals surface area contributed by atoms with Crippen LogP contribution in [0, 0.1) is 5.92 Å². The lowest BCUT2D eigenvalue weighted by Gasteiger charge is -2.29. The number of amidine groups is 1. The van der Waals surface area contributed by atoms with E-state index in [1.807, 2.05) is 41.8 Å². The zero-order valence-corrected chi connectivity index (χ0v) is 25.2. The highest BCUT2D eigenvalue weighted by molar-refractivity contribution is 7.91. The summed E-state index contributed by atoms with van der Waals surface area (Å²) in [4.78, 5) is 24.4. The number of benzene rings is 1. The van der Waals surface area contributed by atoms with Gasteiger partial charge in [-0.05, 0) is 67.3 Å². The van der Waals surface area contributed by atoms with Crippen LogP contribution < -0.4 is 21.3 Å². The van der Waals surface area contributed by atoms with E-state index in [1.165, 1.54) is 18.4 Å². The second-order valence-corrected chi connectivity index (χ2v) is 14.1. The molecular weight excluding hydrogens is 574 g/mol. The molecule has 3 aromatic rings. The lowest BCUT2D eigenvalue weighted by molar-refractivity contribution is -0.121. The van der Waals surface area contributed by atoms with E-state index < -0.39 is 9.84 Å². The molecule has 10 nitrogen and oxygen atoms in total. The smallest absolute Gasteiger partial charge is 0.229 e. The van der Waals surface area contributed by atoms with Crippen LogP contribution in [0.5, 0.6) is 0 Å². The normalized spacial score (nSPS) is 22.3. The molecule has 1 saturated heterocycles. The van der Waals surface area contributed by atoms with Crippen molar-refractivity contribution in [3.8, 4) is 0 Å². The molecule has 0 spiro atoms. The van der Waals surface area contributed by atoms with Gasteiger partial charge in [-0.2, -0.15) is 0 Å². The molecule has 12 heteroatoms. The Morgan fingerprint density at radius 2 is 1.98 bits per heavy atom. The number of nitrogens with zero attached hydrogens (tertiary/aromatic N) is 4. The van der Waals surface area contributed by atoms with E-state index in [0.717, 1.165) is 29.0 Å². The molecule has 222 valence electrons. The minimum Gasteiger partial charge on any atom is -0.384 e. The van der Waals surface area contributed by atoms with Gasteiger partial charge < -0.3 is 25.7 Å². The predicted octanol–water partition coefficient (Wildman–Crippen LogP) is 3.33. The monoisotopic (exact) mass is 609 g/mol. The van der Waals surface area contributed by atoms with E-state index in [9.17, 15) is 13.2 Å². The van der Waals surface area contributed by atoms with Gasteiger partial charge in [-0.25, -0.2) is 13.4 Å². The van der Waals surface area contributed by atoms with Crippen molar-refractivity contribution < 1.29 is 13.2 Å². The van der Waals surface area contributed by atoms with E-state index >= 15 is 0 Å². The highest BCUT2D eigenvalue weighted by Crippen LogP contribution is 2.48. The molecule has 42 heavy (non-hydrogen) atoms. The van der Waals surface area contributed by atoms with Gasteiger partial charge in [0.05, 0.1) is 29.4 Å².